The van der Waals surface area contributed by atoms with Gasteiger partial charge in [0.25, 0.3) is 0 Å². The van der Waals surface area contributed by atoms with Crippen LogP contribution in [-0.2, 0) is 22.5 Å². The van der Waals surface area contributed by atoms with Gasteiger partial charge in [-0.3, -0.25) is 0 Å². The fourth-order valence-electron chi connectivity index (χ4n) is 3.07. The fourth-order valence-corrected chi connectivity index (χ4v) is 4.47. The summed E-state index contributed by atoms with van der Waals surface area (Å²) >= 11 is 6.94. The third-order valence-corrected chi connectivity index (χ3v) is 5.67. The van der Waals surface area contributed by atoms with E-state index in [-0.39, 0.29) is 11.6 Å². The molecule has 3 rings (SSSR count). The van der Waals surface area contributed by atoms with Crippen LogP contribution in [0.25, 0.3) is 0 Å². The average Bonchev–Trinajstić information content (AvgIpc) is 2.98. The third kappa shape index (κ3) is 4.45. The van der Waals surface area contributed by atoms with Crippen molar-refractivity contribution < 1.29 is 19.0 Å². The first-order valence-corrected chi connectivity index (χ1v) is 10.2. The number of fused-ring (bicyclic) bond motifs is 1. The number of methoxy groups -OCH3 is 1. The summed E-state index contributed by atoms with van der Waals surface area (Å²) in [6.45, 7) is 6.61. The second-order valence-electron chi connectivity index (χ2n) is 6.93. The van der Waals surface area contributed by atoms with E-state index >= 15 is 0 Å². The summed E-state index contributed by atoms with van der Waals surface area (Å²) in [6.07, 6.45) is 0.640. The van der Waals surface area contributed by atoms with Crippen molar-refractivity contribution in [2.75, 3.05) is 24.4 Å². The molecule has 1 aromatic carbocycles. The molecular formula is C20H24N2O4S2. The zero-order valence-corrected chi connectivity index (χ0v) is 18.0. The Morgan fingerprint density at radius 2 is 2.07 bits per heavy atom. The van der Waals surface area contributed by atoms with Crippen molar-refractivity contribution in [2.45, 2.75) is 39.4 Å². The topological polar surface area (TPSA) is 68.8 Å². The maximum absolute atomic E-state index is 12.7. The lowest BCUT2D eigenvalue weighted by molar-refractivity contribution is -0.0384. The lowest BCUT2D eigenvalue weighted by Gasteiger charge is -2.30. The van der Waals surface area contributed by atoms with Gasteiger partial charge in [-0.05, 0) is 50.7 Å². The van der Waals surface area contributed by atoms with Crippen LogP contribution in [0, 0.1) is 0 Å². The number of carbonyl (C=O) groups excluding carboxylic acids is 1. The van der Waals surface area contributed by atoms with Crippen LogP contribution in [0.4, 0.5) is 10.7 Å². The van der Waals surface area contributed by atoms with Crippen molar-refractivity contribution in [3.8, 4) is 5.75 Å². The molecule has 2 aromatic rings. The molecule has 0 amide bonds. The SMILES string of the molecule is CCOC(=O)c1c(NC(=S)Nc2ccccc2OC)sc2c1CC(C)(C)OC2. The van der Waals surface area contributed by atoms with Crippen LogP contribution in [0.2, 0.25) is 0 Å². The van der Waals surface area contributed by atoms with Crippen LogP contribution in [0.3, 0.4) is 0 Å². The molecular weight excluding hydrogens is 396 g/mol. The summed E-state index contributed by atoms with van der Waals surface area (Å²) < 4.78 is 16.5. The molecule has 0 saturated carbocycles. The number of benzene rings is 1. The zero-order chi connectivity index (χ0) is 20.3. The van der Waals surface area contributed by atoms with Crippen LogP contribution in [0.15, 0.2) is 24.3 Å². The van der Waals surface area contributed by atoms with E-state index in [1.807, 2.05) is 38.1 Å². The van der Waals surface area contributed by atoms with Crippen molar-refractivity contribution in [1.82, 2.24) is 0 Å². The lowest BCUT2D eigenvalue weighted by Crippen LogP contribution is -2.32. The molecule has 0 spiro atoms. The molecule has 2 heterocycles. The van der Waals surface area contributed by atoms with Crippen LogP contribution in [0.1, 0.15) is 41.6 Å². The van der Waals surface area contributed by atoms with E-state index in [4.69, 9.17) is 26.4 Å². The van der Waals surface area contributed by atoms with E-state index in [0.29, 0.717) is 41.1 Å². The predicted molar refractivity (Wildman–Crippen MR) is 116 cm³/mol. The number of esters is 1. The number of para-hydroxylation sites is 2. The van der Waals surface area contributed by atoms with Gasteiger partial charge in [-0.25, -0.2) is 4.79 Å². The molecule has 1 aliphatic rings. The maximum Gasteiger partial charge on any atom is 0.341 e. The molecule has 0 atom stereocenters. The van der Waals surface area contributed by atoms with E-state index < -0.39 is 0 Å². The quantitative estimate of drug-likeness (QED) is 0.541. The Labute approximate surface area is 174 Å². The highest BCUT2D eigenvalue weighted by atomic mass is 32.1. The first-order valence-electron chi connectivity index (χ1n) is 9.01. The summed E-state index contributed by atoms with van der Waals surface area (Å²) in [5.41, 5.74) is 1.93. The summed E-state index contributed by atoms with van der Waals surface area (Å²) in [7, 11) is 1.60. The molecule has 0 fully saturated rings. The molecule has 0 unspecified atom stereocenters. The van der Waals surface area contributed by atoms with Gasteiger partial charge in [-0.15, -0.1) is 11.3 Å². The highest BCUT2D eigenvalue weighted by Gasteiger charge is 2.34. The number of carbonyl (C=O) groups is 1. The van der Waals surface area contributed by atoms with E-state index in [0.717, 1.165) is 16.1 Å². The third-order valence-electron chi connectivity index (χ3n) is 4.35. The molecule has 150 valence electrons. The Bertz CT molecular complexity index is 892. The minimum Gasteiger partial charge on any atom is -0.495 e. The number of thiocarbonyl (C=S) groups is 1. The van der Waals surface area contributed by atoms with Crippen molar-refractivity contribution in [3.63, 3.8) is 0 Å². The van der Waals surface area contributed by atoms with Gasteiger partial charge >= 0.3 is 5.97 Å². The molecule has 1 aromatic heterocycles. The van der Waals surface area contributed by atoms with Crippen molar-refractivity contribution >= 4 is 45.3 Å². The molecule has 2 N–H and O–H groups in total. The van der Waals surface area contributed by atoms with E-state index in [1.54, 1.807) is 14.0 Å². The second-order valence-corrected chi connectivity index (χ2v) is 8.45. The number of anilines is 2. The van der Waals surface area contributed by atoms with Gasteiger partial charge in [0.1, 0.15) is 10.8 Å². The van der Waals surface area contributed by atoms with Gasteiger partial charge in [0.05, 0.1) is 37.2 Å². The maximum atomic E-state index is 12.7. The van der Waals surface area contributed by atoms with E-state index in [9.17, 15) is 4.79 Å². The summed E-state index contributed by atoms with van der Waals surface area (Å²) in [4.78, 5) is 13.7. The van der Waals surface area contributed by atoms with Gasteiger partial charge in [-0.1, -0.05) is 12.1 Å². The second kappa shape index (κ2) is 8.46. The highest BCUT2D eigenvalue weighted by molar-refractivity contribution is 7.80. The Balaban J connectivity index is 1.88. The first-order chi connectivity index (χ1) is 13.3. The van der Waals surface area contributed by atoms with E-state index in [1.165, 1.54) is 11.3 Å². The van der Waals surface area contributed by atoms with Gasteiger partial charge in [-0.2, -0.15) is 0 Å². The molecule has 0 aliphatic carbocycles. The minimum atomic E-state index is -0.347. The van der Waals surface area contributed by atoms with Crippen molar-refractivity contribution in [2.24, 2.45) is 0 Å². The van der Waals surface area contributed by atoms with Crippen molar-refractivity contribution in [3.05, 3.63) is 40.3 Å². The smallest absolute Gasteiger partial charge is 0.341 e. The molecule has 28 heavy (non-hydrogen) atoms. The molecule has 6 nitrogen and oxygen atoms in total. The number of rotatable bonds is 5. The van der Waals surface area contributed by atoms with Gasteiger partial charge in [0.2, 0.25) is 0 Å². The van der Waals surface area contributed by atoms with Gasteiger partial charge in [0, 0.05) is 11.3 Å². The Hall–Kier alpha value is -2.16. The summed E-state index contributed by atoms with van der Waals surface area (Å²) in [5, 5.41) is 7.32. The predicted octanol–water partition coefficient (Wildman–Crippen LogP) is 4.59. The van der Waals surface area contributed by atoms with Crippen LogP contribution >= 0.6 is 23.6 Å². The minimum absolute atomic E-state index is 0.312. The fraction of sp³-hybridized carbons (Fsp3) is 0.400. The first kappa shape index (κ1) is 20.6. The standard InChI is InChI=1S/C20H24N2O4S2/c1-5-25-18(23)16-12-10-20(2,3)26-11-15(12)28-17(16)22-19(27)21-13-8-6-7-9-14(13)24-4/h6-9H,5,10-11H2,1-4H3,(H2,21,22,27). The van der Waals surface area contributed by atoms with Crippen LogP contribution in [-0.4, -0.2) is 30.4 Å². The van der Waals surface area contributed by atoms with Gasteiger partial charge in [0.15, 0.2) is 5.11 Å². The van der Waals surface area contributed by atoms with Crippen LogP contribution < -0.4 is 15.4 Å². The van der Waals surface area contributed by atoms with E-state index in [2.05, 4.69) is 10.6 Å². The number of nitrogens with one attached hydrogen (secondary N) is 2. The molecule has 1 aliphatic heterocycles. The van der Waals surface area contributed by atoms with Crippen molar-refractivity contribution in [1.29, 1.82) is 0 Å². The largest absolute Gasteiger partial charge is 0.495 e. The average molecular weight is 421 g/mol. The zero-order valence-electron chi connectivity index (χ0n) is 16.4. The van der Waals surface area contributed by atoms with Crippen LogP contribution in [0.5, 0.6) is 5.75 Å². The number of hydrogen-bond acceptors (Lipinski definition) is 6. The normalized spacial score (nSPS) is 14.7. The molecule has 8 heteroatoms. The lowest BCUT2D eigenvalue weighted by atomic mass is 9.93. The number of ether oxygens (including phenoxy) is 3. The Kier molecular flexibility index (Phi) is 6.22. The summed E-state index contributed by atoms with van der Waals surface area (Å²) in [6, 6.07) is 7.49. The summed E-state index contributed by atoms with van der Waals surface area (Å²) in [5.74, 6) is 0.332. The molecule has 0 bridgehead atoms. The Morgan fingerprint density at radius 3 is 2.79 bits per heavy atom. The number of hydrogen-bond donors (Lipinski definition) is 2. The molecule has 0 saturated heterocycles. The highest BCUT2D eigenvalue weighted by Crippen LogP contribution is 2.41. The monoisotopic (exact) mass is 420 g/mol. The number of thiophene rings is 1. The molecule has 0 radical (unpaired) electrons. The van der Waals surface area contributed by atoms with Gasteiger partial charge < -0.3 is 24.8 Å². The Morgan fingerprint density at radius 1 is 1.32 bits per heavy atom.